The fraction of sp³-hybridized carbons (Fsp3) is 0.536. The Balaban J connectivity index is 1.06. The van der Waals surface area contributed by atoms with Gasteiger partial charge >= 0.3 is 0 Å². The van der Waals surface area contributed by atoms with Crippen LogP contribution in [0.1, 0.15) is 79.1 Å². The van der Waals surface area contributed by atoms with Crippen molar-refractivity contribution in [2.45, 2.75) is 77.0 Å². The number of rotatable bonds is 27. The molecule has 2 fully saturated rings. The number of hydrogen-bond acceptors (Lipinski definition) is 16. The van der Waals surface area contributed by atoms with Gasteiger partial charge < -0.3 is 57.7 Å². The number of hydrogen-bond donors (Lipinski definition) is 0. The molecule has 7 rings (SSSR count). The standard InChI is InChI=1S/C56H76N8O10S/c1-11-38-23-42-31-57-47-29-51(49(68-8)27-45(47)54(66)63(42)33-38)73-35-40-25-44(72-20-17-62(53(65)13-14-60(5)6)16-19-71-22-21-70-18-15-61(7)37-56(3,4)75-10)26-41(59-40)36-74-52-30-48-46(28-50(52)69-9)55(67)64-34-39(12-2)24-43(64)32-58-48/h11-12,25-32,42-43H,13-24,33-37H2,1-10H3/b38-11+,39-12+/t42-,43?/m0/s1. The van der Waals surface area contributed by atoms with Crippen molar-refractivity contribution >= 4 is 53.3 Å². The summed E-state index contributed by atoms with van der Waals surface area (Å²) < 4.78 is 42.7. The predicted octanol–water partition coefficient (Wildman–Crippen LogP) is 7.28. The summed E-state index contributed by atoms with van der Waals surface area (Å²) in [4.78, 5) is 65.2. The molecule has 2 saturated heterocycles. The zero-order valence-electron chi connectivity index (χ0n) is 45.5. The van der Waals surface area contributed by atoms with E-state index in [1.807, 2.05) is 66.8 Å². The number of carbonyl (C=O) groups excluding carboxylic acids is 3. The Morgan fingerprint density at radius 2 is 1.20 bits per heavy atom. The number of allylic oxidation sites excluding steroid dienone is 2. The van der Waals surface area contributed by atoms with E-state index in [9.17, 15) is 14.4 Å². The van der Waals surface area contributed by atoms with Crippen molar-refractivity contribution in [3.05, 3.63) is 82.2 Å². The Morgan fingerprint density at radius 1 is 0.693 bits per heavy atom. The van der Waals surface area contributed by atoms with Crippen molar-refractivity contribution in [3.8, 4) is 28.7 Å². The Hall–Kier alpha value is -5.99. The monoisotopic (exact) mass is 1050 g/mol. The molecule has 4 aliphatic heterocycles. The van der Waals surface area contributed by atoms with Crippen molar-refractivity contribution in [3.63, 3.8) is 0 Å². The minimum absolute atomic E-state index is 0.00591. The topological polar surface area (TPSA) is 170 Å². The fourth-order valence-corrected chi connectivity index (χ4v) is 9.66. The maximum Gasteiger partial charge on any atom is 0.257 e. The van der Waals surface area contributed by atoms with Gasteiger partial charge in [0.05, 0.1) is 93.2 Å². The highest BCUT2D eigenvalue weighted by Crippen LogP contribution is 2.41. The molecule has 0 bridgehead atoms. The number of fused-ring (bicyclic) bond motifs is 4. The van der Waals surface area contributed by atoms with Gasteiger partial charge in [-0.2, -0.15) is 11.8 Å². The van der Waals surface area contributed by atoms with Gasteiger partial charge in [-0.1, -0.05) is 23.3 Å². The summed E-state index contributed by atoms with van der Waals surface area (Å²) in [7, 11) is 9.05. The summed E-state index contributed by atoms with van der Waals surface area (Å²) in [6.07, 6.45) is 11.7. The molecule has 1 unspecified atom stereocenters. The molecule has 3 aromatic rings. The van der Waals surface area contributed by atoms with E-state index in [4.69, 9.17) is 48.1 Å². The number of aromatic nitrogens is 1. The van der Waals surface area contributed by atoms with E-state index < -0.39 is 0 Å². The van der Waals surface area contributed by atoms with Crippen molar-refractivity contribution in [1.82, 2.24) is 29.5 Å². The summed E-state index contributed by atoms with van der Waals surface area (Å²) >= 11 is 1.85. The number of methoxy groups -OCH3 is 2. The SMILES string of the molecule is C/C=C1\CC2C=Nc3cc(OCc4cc(OCCN(CCOCCOCCN(C)CC(C)(C)SC)C(=O)CCN(C)C)cc(COc5cc6c(cc5OC)C(=O)N5C/C(=C/C)C[C@H]5C=N6)n4)c(OC)cc3C(=O)N2C1. The molecule has 0 radical (unpaired) electrons. The third kappa shape index (κ3) is 15.1. The first kappa shape index (κ1) is 56.7. The summed E-state index contributed by atoms with van der Waals surface area (Å²) in [6, 6.07) is 10.1. The Morgan fingerprint density at radius 3 is 1.68 bits per heavy atom. The summed E-state index contributed by atoms with van der Waals surface area (Å²) in [5, 5.41) is 0. The van der Waals surface area contributed by atoms with Gasteiger partial charge in [0.2, 0.25) is 5.91 Å². The van der Waals surface area contributed by atoms with Gasteiger partial charge in [-0.3, -0.25) is 29.4 Å². The highest BCUT2D eigenvalue weighted by Gasteiger charge is 2.36. The number of likely N-dealkylation sites (N-methyl/N-ethyl adjacent to an activating group) is 1. The third-order valence-corrected chi connectivity index (χ3v) is 15.0. The smallest absolute Gasteiger partial charge is 0.257 e. The largest absolute Gasteiger partial charge is 0.493 e. The molecule has 0 N–H and O–H groups in total. The molecule has 0 aliphatic carbocycles. The van der Waals surface area contributed by atoms with E-state index in [1.54, 1.807) is 41.3 Å². The number of amides is 3. The van der Waals surface area contributed by atoms with Crippen LogP contribution in [0.2, 0.25) is 0 Å². The highest BCUT2D eigenvalue weighted by atomic mass is 32.2. The first-order valence-electron chi connectivity index (χ1n) is 25.7. The van der Waals surface area contributed by atoms with E-state index >= 15 is 0 Å². The van der Waals surface area contributed by atoms with Crippen molar-refractivity contribution in [2.75, 3.05) is 120 Å². The maximum atomic E-state index is 13.8. The molecule has 0 spiro atoms. The predicted molar refractivity (Wildman–Crippen MR) is 294 cm³/mol. The second-order valence-electron chi connectivity index (χ2n) is 20.0. The van der Waals surface area contributed by atoms with E-state index in [1.165, 1.54) is 25.4 Å². The molecule has 4 aliphatic rings. The lowest BCUT2D eigenvalue weighted by atomic mass is 10.1. The first-order chi connectivity index (χ1) is 36.1. The summed E-state index contributed by atoms with van der Waals surface area (Å²) in [6.45, 7) is 14.7. The Kier molecular flexibility index (Phi) is 20.2. The van der Waals surface area contributed by atoms with Gasteiger partial charge in [-0.15, -0.1) is 0 Å². The van der Waals surface area contributed by atoms with Crippen LogP contribution in [0.4, 0.5) is 11.4 Å². The average molecular weight is 1050 g/mol. The lowest BCUT2D eigenvalue weighted by Crippen LogP contribution is -2.38. The van der Waals surface area contributed by atoms with Crippen LogP contribution in [0.25, 0.3) is 0 Å². The van der Waals surface area contributed by atoms with Crippen LogP contribution in [-0.4, -0.2) is 197 Å². The summed E-state index contributed by atoms with van der Waals surface area (Å²) in [5.41, 5.74) is 5.26. The molecule has 1 aromatic heterocycles. The minimum atomic E-state index is -0.128. The highest BCUT2D eigenvalue weighted by molar-refractivity contribution is 7.99. The molecule has 2 atom stereocenters. The van der Waals surface area contributed by atoms with Crippen molar-refractivity contribution in [1.29, 1.82) is 0 Å². The number of pyridine rings is 1. The number of nitrogens with zero attached hydrogens (tertiary/aromatic N) is 8. The quantitative estimate of drug-likeness (QED) is 0.0552. The fourth-order valence-electron chi connectivity index (χ4n) is 9.31. The van der Waals surface area contributed by atoms with Crippen LogP contribution >= 0.6 is 11.8 Å². The van der Waals surface area contributed by atoms with Gasteiger partial charge in [0.25, 0.3) is 11.8 Å². The minimum Gasteiger partial charge on any atom is -0.493 e. The van der Waals surface area contributed by atoms with Crippen LogP contribution < -0.4 is 23.7 Å². The van der Waals surface area contributed by atoms with Crippen LogP contribution in [0.5, 0.6) is 28.7 Å². The lowest BCUT2D eigenvalue weighted by Gasteiger charge is -2.28. The third-order valence-electron chi connectivity index (χ3n) is 13.7. The molecule has 5 heterocycles. The van der Waals surface area contributed by atoms with Gasteiger partial charge in [-0.25, -0.2) is 0 Å². The molecule has 2 aromatic carbocycles. The van der Waals surface area contributed by atoms with Gasteiger partial charge in [0.1, 0.15) is 25.6 Å². The molecule has 3 amide bonds. The van der Waals surface area contributed by atoms with Crippen LogP contribution in [-0.2, 0) is 27.5 Å². The normalized spacial score (nSPS) is 18.1. The molecule has 19 heteroatoms. The van der Waals surface area contributed by atoms with Crippen LogP contribution in [0, 0.1) is 0 Å². The van der Waals surface area contributed by atoms with E-state index in [2.05, 4.69) is 44.2 Å². The number of thioether (sulfide) groups is 1. The van der Waals surface area contributed by atoms with E-state index in [0.29, 0.717) is 128 Å². The number of aliphatic imine (C=N–C) groups is 2. The molecule has 406 valence electrons. The summed E-state index contributed by atoms with van der Waals surface area (Å²) in [5.74, 6) is 1.76. The first-order valence-corrected chi connectivity index (χ1v) is 27.0. The Bertz CT molecular complexity index is 2480. The van der Waals surface area contributed by atoms with Gasteiger partial charge in [0.15, 0.2) is 23.0 Å². The van der Waals surface area contributed by atoms with E-state index in [-0.39, 0.29) is 54.4 Å². The number of ether oxygens (including phenoxy) is 7. The molecular formula is C56H76N8O10S. The molecular weight excluding hydrogens is 977 g/mol. The second-order valence-corrected chi connectivity index (χ2v) is 21.5. The maximum absolute atomic E-state index is 13.8. The Labute approximate surface area is 447 Å². The van der Waals surface area contributed by atoms with Crippen molar-refractivity contribution < 1.29 is 47.5 Å². The molecule has 75 heavy (non-hydrogen) atoms. The van der Waals surface area contributed by atoms with Gasteiger partial charge in [0, 0.05) is 87.1 Å². The zero-order valence-corrected chi connectivity index (χ0v) is 46.3. The number of benzene rings is 2. The average Bonchev–Trinajstić information content (AvgIpc) is 3.98. The number of carbonyl (C=O) groups is 3. The van der Waals surface area contributed by atoms with Crippen LogP contribution in [0.15, 0.2) is 69.7 Å². The molecule has 18 nitrogen and oxygen atoms in total. The lowest BCUT2D eigenvalue weighted by molar-refractivity contribution is -0.132. The van der Waals surface area contributed by atoms with Crippen molar-refractivity contribution in [2.24, 2.45) is 9.98 Å². The van der Waals surface area contributed by atoms with Crippen LogP contribution in [0.3, 0.4) is 0 Å². The second kappa shape index (κ2) is 26.7. The zero-order chi connectivity index (χ0) is 53.6. The van der Waals surface area contributed by atoms with Gasteiger partial charge in [-0.05, 0) is 80.1 Å². The van der Waals surface area contributed by atoms with E-state index in [0.717, 1.165) is 25.9 Å². The molecule has 0 saturated carbocycles.